The Morgan fingerprint density at radius 1 is 1.09 bits per heavy atom. The van der Waals surface area contributed by atoms with Gasteiger partial charge in [0.25, 0.3) is 5.91 Å². The lowest BCUT2D eigenvalue weighted by Gasteiger charge is -2.22. The Morgan fingerprint density at radius 2 is 1.96 bits per heavy atom. The standard InChI is InChI=1S/C17H21N5O/c23-17(22-13-6-2-1-3-7-13)15-11-21-16(12-19-15)20-10-14-8-4-5-9-18-14/h4-5,8-9,11-13H,1-3,6-7,10H2,(H,20,21)(H,22,23). The number of hydrogen-bond acceptors (Lipinski definition) is 5. The van der Waals surface area contributed by atoms with E-state index in [0.29, 0.717) is 18.1 Å². The highest BCUT2D eigenvalue weighted by Crippen LogP contribution is 2.17. The number of carbonyl (C=O) groups is 1. The van der Waals surface area contributed by atoms with E-state index in [0.717, 1.165) is 18.5 Å². The highest BCUT2D eigenvalue weighted by molar-refractivity contribution is 5.92. The first-order chi connectivity index (χ1) is 11.3. The van der Waals surface area contributed by atoms with Gasteiger partial charge in [0.05, 0.1) is 24.6 Å². The van der Waals surface area contributed by atoms with Crippen molar-refractivity contribution < 1.29 is 4.79 Å². The van der Waals surface area contributed by atoms with Crippen LogP contribution >= 0.6 is 0 Å². The molecule has 0 aromatic carbocycles. The average molecular weight is 311 g/mol. The molecule has 6 nitrogen and oxygen atoms in total. The Balaban J connectivity index is 1.52. The lowest BCUT2D eigenvalue weighted by molar-refractivity contribution is 0.0922. The molecule has 0 spiro atoms. The van der Waals surface area contributed by atoms with Crippen LogP contribution < -0.4 is 10.6 Å². The predicted molar refractivity (Wildman–Crippen MR) is 87.9 cm³/mol. The molecule has 1 fully saturated rings. The molecular weight excluding hydrogens is 290 g/mol. The molecule has 0 atom stereocenters. The Morgan fingerprint density at radius 3 is 2.65 bits per heavy atom. The van der Waals surface area contributed by atoms with E-state index >= 15 is 0 Å². The number of carbonyl (C=O) groups excluding carboxylic acids is 1. The molecule has 1 amide bonds. The van der Waals surface area contributed by atoms with Gasteiger partial charge in [0.2, 0.25) is 0 Å². The number of pyridine rings is 1. The fourth-order valence-electron chi connectivity index (χ4n) is 2.73. The molecule has 6 heteroatoms. The smallest absolute Gasteiger partial charge is 0.271 e. The van der Waals surface area contributed by atoms with Crippen LogP contribution in [0.5, 0.6) is 0 Å². The molecule has 1 aliphatic carbocycles. The van der Waals surface area contributed by atoms with Crippen LogP contribution in [0, 0.1) is 0 Å². The van der Waals surface area contributed by atoms with Gasteiger partial charge in [-0.3, -0.25) is 9.78 Å². The van der Waals surface area contributed by atoms with E-state index in [-0.39, 0.29) is 11.9 Å². The Hall–Kier alpha value is -2.50. The number of rotatable bonds is 5. The van der Waals surface area contributed by atoms with Crippen LogP contribution in [0.2, 0.25) is 0 Å². The fourth-order valence-corrected chi connectivity index (χ4v) is 2.73. The van der Waals surface area contributed by atoms with Crippen molar-refractivity contribution in [1.29, 1.82) is 0 Å². The minimum atomic E-state index is -0.138. The van der Waals surface area contributed by atoms with Gasteiger partial charge in [0, 0.05) is 12.2 Å². The minimum absolute atomic E-state index is 0.138. The van der Waals surface area contributed by atoms with Crippen LogP contribution in [0.25, 0.3) is 0 Å². The highest BCUT2D eigenvalue weighted by Gasteiger charge is 2.17. The topological polar surface area (TPSA) is 79.8 Å². The molecule has 120 valence electrons. The summed E-state index contributed by atoms with van der Waals surface area (Å²) < 4.78 is 0. The fraction of sp³-hybridized carbons (Fsp3) is 0.412. The van der Waals surface area contributed by atoms with Crippen molar-refractivity contribution in [2.75, 3.05) is 5.32 Å². The Kier molecular flexibility index (Phi) is 5.13. The van der Waals surface area contributed by atoms with Gasteiger partial charge in [0.1, 0.15) is 11.5 Å². The maximum atomic E-state index is 12.2. The lowest BCUT2D eigenvalue weighted by Crippen LogP contribution is -2.36. The number of amides is 1. The normalized spacial score (nSPS) is 15.1. The van der Waals surface area contributed by atoms with Crippen LogP contribution in [0.15, 0.2) is 36.8 Å². The van der Waals surface area contributed by atoms with Crippen LogP contribution in [0.3, 0.4) is 0 Å². The van der Waals surface area contributed by atoms with E-state index < -0.39 is 0 Å². The molecule has 0 radical (unpaired) electrons. The van der Waals surface area contributed by atoms with Crippen molar-refractivity contribution in [2.24, 2.45) is 0 Å². The zero-order chi connectivity index (χ0) is 15.9. The van der Waals surface area contributed by atoms with E-state index in [1.807, 2.05) is 18.2 Å². The molecule has 0 unspecified atom stereocenters. The molecule has 0 saturated heterocycles. The Bertz CT molecular complexity index is 623. The molecule has 2 N–H and O–H groups in total. The molecule has 2 aromatic heterocycles. The molecular formula is C17H21N5O. The SMILES string of the molecule is O=C(NC1CCCCC1)c1cnc(NCc2ccccn2)cn1. The summed E-state index contributed by atoms with van der Waals surface area (Å²) in [7, 11) is 0. The maximum Gasteiger partial charge on any atom is 0.271 e. The van der Waals surface area contributed by atoms with Gasteiger partial charge in [-0.05, 0) is 25.0 Å². The number of hydrogen-bond donors (Lipinski definition) is 2. The van der Waals surface area contributed by atoms with Crippen LogP contribution in [0.1, 0.15) is 48.3 Å². The van der Waals surface area contributed by atoms with Crippen molar-refractivity contribution in [3.8, 4) is 0 Å². The molecule has 23 heavy (non-hydrogen) atoms. The molecule has 1 saturated carbocycles. The van der Waals surface area contributed by atoms with E-state index in [2.05, 4.69) is 25.6 Å². The van der Waals surface area contributed by atoms with E-state index in [9.17, 15) is 4.79 Å². The maximum absolute atomic E-state index is 12.2. The zero-order valence-electron chi connectivity index (χ0n) is 13.0. The zero-order valence-corrected chi connectivity index (χ0v) is 13.0. The first-order valence-corrected chi connectivity index (χ1v) is 8.08. The summed E-state index contributed by atoms with van der Waals surface area (Å²) in [5, 5.41) is 6.18. The molecule has 3 rings (SSSR count). The first-order valence-electron chi connectivity index (χ1n) is 8.08. The van der Waals surface area contributed by atoms with Crippen molar-refractivity contribution in [2.45, 2.75) is 44.7 Å². The summed E-state index contributed by atoms with van der Waals surface area (Å²) in [5.74, 6) is 0.491. The van der Waals surface area contributed by atoms with E-state index in [4.69, 9.17) is 0 Å². The number of anilines is 1. The first kappa shape index (κ1) is 15.4. The second kappa shape index (κ2) is 7.67. The van der Waals surface area contributed by atoms with E-state index in [1.165, 1.54) is 25.5 Å². The lowest BCUT2D eigenvalue weighted by atomic mass is 9.95. The number of nitrogens with zero attached hydrogens (tertiary/aromatic N) is 3. The van der Waals surface area contributed by atoms with Gasteiger partial charge < -0.3 is 10.6 Å². The van der Waals surface area contributed by atoms with Crippen molar-refractivity contribution >= 4 is 11.7 Å². The van der Waals surface area contributed by atoms with Crippen LogP contribution in [0.4, 0.5) is 5.82 Å². The van der Waals surface area contributed by atoms with Crippen LogP contribution in [-0.4, -0.2) is 26.9 Å². The molecule has 1 aliphatic rings. The molecule has 0 aliphatic heterocycles. The third-order valence-corrected chi connectivity index (χ3v) is 4.00. The molecule has 2 aromatic rings. The average Bonchev–Trinajstić information content (AvgIpc) is 2.62. The van der Waals surface area contributed by atoms with E-state index in [1.54, 1.807) is 12.4 Å². The van der Waals surface area contributed by atoms with Gasteiger partial charge in [-0.15, -0.1) is 0 Å². The summed E-state index contributed by atoms with van der Waals surface area (Å²) in [6.45, 7) is 0.573. The quantitative estimate of drug-likeness (QED) is 0.887. The number of nitrogens with one attached hydrogen (secondary N) is 2. The van der Waals surface area contributed by atoms with Gasteiger partial charge in [-0.1, -0.05) is 25.3 Å². The predicted octanol–water partition coefficient (Wildman–Crippen LogP) is 2.55. The van der Waals surface area contributed by atoms with Crippen LogP contribution in [-0.2, 0) is 6.54 Å². The third kappa shape index (κ3) is 4.48. The molecule has 2 heterocycles. The van der Waals surface area contributed by atoms with Crippen molar-refractivity contribution in [1.82, 2.24) is 20.3 Å². The summed E-state index contributed by atoms with van der Waals surface area (Å²) in [6, 6.07) is 6.03. The largest absolute Gasteiger partial charge is 0.363 e. The third-order valence-electron chi connectivity index (χ3n) is 4.00. The highest BCUT2D eigenvalue weighted by atomic mass is 16.1. The monoisotopic (exact) mass is 311 g/mol. The van der Waals surface area contributed by atoms with Gasteiger partial charge in [-0.25, -0.2) is 9.97 Å². The summed E-state index contributed by atoms with van der Waals surface area (Å²) in [4.78, 5) is 24.8. The number of aromatic nitrogens is 3. The van der Waals surface area contributed by atoms with Gasteiger partial charge in [-0.2, -0.15) is 0 Å². The molecule has 0 bridgehead atoms. The minimum Gasteiger partial charge on any atom is -0.363 e. The Labute approximate surface area is 135 Å². The summed E-state index contributed by atoms with van der Waals surface area (Å²) in [6.07, 6.45) is 10.6. The summed E-state index contributed by atoms with van der Waals surface area (Å²) >= 11 is 0. The van der Waals surface area contributed by atoms with Gasteiger partial charge in [0.15, 0.2) is 0 Å². The second-order valence-corrected chi connectivity index (χ2v) is 5.77. The van der Waals surface area contributed by atoms with Gasteiger partial charge >= 0.3 is 0 Å². The van der Waals surface area contributed by atoms with Crippen molar-refractivity contribution in [3.63, 3.8) is 0 Å². The van der Waals surface area contributed by atoms with Crippen molar-refractivity contribution in [3.05, 3.63) is 48.2 Å². The summed E-state index contributed by atoms with van der Waals surface area (Å²) in [5.41, 5.74) is 1.28. The second-order valence-electron chi connectivity index (χ2n) is 5.77.